The van der Waals surface area contributed by atoms with Crippen molar-refractivity contribution in [2.75, 3.05) is 5.34 Å². The largest absolute Gasteiger partial charge is 2.00 e. The van der Waals surface area contributed by atoms with Gasteiger partial charge >= 0.3 is 20.4 Å². The minimum absolute atomic E-state index is 0. The minimum Gasteiger partial charge on any atom is -0.550 e. The quantitative estimate of drug-likeness (QED) is 0.205. The van der Waals surface area contributed by atoms with E-state index >= 15 is 0 Å². The van der Waals surface area contributed by atoms with Crippen LogP contribution in [0.25, 0.3) is 0 Å². The zero-order chi connectivity index (χ0) is 30.0. The summed E-state index contributed by atoms with van der Waals surface area (Å²) in [6.45, 7) is 21.3. The molecule has 0 amide bonds. The predicted molar refractivity (Wildman–Crippen MR) is 170 cm³/mol. The SMILES string of the molecule is CC(=O)[O-].CC(=O)[O-].CC(C)[PH+](c1ccccc1Cc1ccccc1[PH+](C(C)C)C(C)C)C(C)C.ClCCl.[Pd+2]. The van der Waals surface area contributed by atoms with Crippen LogP contribution in [0.2, 0.25) is 0 Å². The molecule has 0 radical (unpaired) electrons. The molecule has 224 valence electrons. The van der Waals surface area contributed by atoms with Crippen molar-refractivity contribution in [2.45, 2.75) is 98.3 Å². The minimum atomic E-state index is -1.08. The molecule has 2 rings (SSSR count). The van der Waals surface area contributed by atoms with Crippen LogP contribution in [0.3, 0.4) is 0 Å². The Labute approximate surface area is 263 Å². The van der Waals surface area contributed by atoms with E-state index in [0.29, 0.717) is 0 Å². The van der Waals surface area contributed by atoms with Gasteiger partial charge in [0, 0.05) is 34.2 Å². The van der Waals surface area contributed by atoms with Gasteiger partial charge in [0.05, 0.1) is 38.6 Å². The zero-order valence-electron chi connectivity index (χ0n) is 25.0. The Morgan fingerprint density at radius 3 is 1.05 bits per heavy atom. The number of carboxylic acid groups (broad SMARTS) is 2. The topological polar surface area (TPSA) is 80.3 Å². The molecule has 9 heteroatoms. The molecule has 0 aliphatic heterocycles. The summed E-state index contributed by atoms with van der Waals surface area (Å²) in [7, 11) is -1.12. The predicted octanol–water partition coefficient (Wildman–Crippen LogP) is 5.52. The molecule has 0 heterocycles. The Kier molecular flexibility index (Phi) is 26.6. The summed E-state index contributed by atoms with van der Waals surface area (Å²) in [5.41, 5.74) is 6.18. The van der Waals surface area contributed by atoms with Crippen molar-refractivity contribution in [3.8, 4) is 0 Å². The Balaban J connectivity index is -0.000000922. The maximum atomic E-state index is 8.89. The van der Waals surface area contributed by atoms with Crippen molar-refractivity contribution < 1.29 is 40.2 Å². The van der Waals surface area contributed by atoms with E-state index in [1.165, 1.54) is 0 Å². The molecule has 0 N–H and O–H groups in total. The molecule has 0 saturated heterocycles. The smallest absolute Gasteiger partial charge is 0.550 e. The van der Waals surface area contributed by atoms with Crippen LogP contribution in [0.15, 0.2) is 48.5 Å². The number of carbonyl (C=O) groups is 2. The maximum absolute atomic E-state index is 8.89. The molecule has 4 nitrogen and oxygen atoms in total. The monoisotopic (exact) mass is 710 g/mol. The van der Waals surface area contributed by atoms with Crippen LogP contribution in [0.4, 0.5) is 0 Å². The number of halogens is 2. The average molecular weight is 712 g/mol. The van der Waals surface area contributed by atoms with E-state index in [9.17, 15) is 0 Å². The van der Waals surface area contributed by atoms with Gasteiger partial charge in [0.15, 0.2) is 0 Å². The molecule has 2 aromatic carbocycles. The molecule has 39 heavy (non-hydrogen) atoms. The van der Waals surface area contributed by atoms with Crippen LogP contribution < -0.4 is 20.8 Å². The van der Waals surface area contributed by atoms with Gasteiger partial charge in [-0.3, -0.25) is 0 Å². The van der Waals surface area contributed by atoms with Gasteiger partial charge in [-0.2, -0.15) is 0 Å². The number of carbonyl (C=O) groups excluding carboxylic acids is 2. The molecular formula is C30H48Cl2O4P2Pd+2. The van der Waals surface area contributed by atoms with Crippen molar-refractivity contribution in [1.29, 1.82) is 0 Å². The van der Waals surface area contributed by atoms with Gasteiger partial charge in [0.1, 0.15) is 0 Å². The summed E-state index contributed by atoms with van der Waals surface area (Å²) >= 11 is 9.53. The molecular weight excluding hydrogens is 664 g/mol. The molecule has 0 aliphatic rings. The Hall–Kier alpha value is -0.518. The van der Waals surface area contributed by atoms with Crippen molar-refractivity contribution in [2.24, 2.45) is 0 Å². The van der Waals surface area contributed by atoms with Gasteiger partial charge in [-0.1, -0.05) is 36.4 Å². The first kappa shape index (κ1) is 42.9. The third-order valence-corrected chi connectivity index (χ3v) is 12.7. The van der Waals surface area contributed by atoms with Gasteiger partial charge in [0.2, 0.25) is 0 Å². The Morgan fingerprint density at radius 2 is 0.846 bits per heavy atom. The summed E-state index contributed by atoms with van der Waals surface area (Å²) in [5.74, 6) is -2.17. The second-order valence-corrected chi connectivity index (χ2v) is 18.4. The summed E-state index contributed by atoms with van der Waals surface area (Å²) in [4.78, 5) is 17.8. The number of alkyl halides is 2. The molecule has 0 atom stereocenters. The van der Waals surface area contributed by atoms with Crippen LogP contribution in [-0.2, 0) is 36.4 Å². The number of aliphatic carboxylic acids is 2. The van der Waals surface area contributed by atoms with Crippen LogP contribution in [0, 0.1) is 0 Å². The van der Waals surface area contributed by atoms with Crippen molar-refractivity contribution in [1.82, 2.24) is 0 Å². The number of carboxylic acids is 2. The normalized spacial score (nSPS) is 10.3. The maximum Gasteiger partial charge on any atom is 2.00 e. The molecule has 0 saturated carbocycles. The van der Waals surface area contributed by atoms with Crippen molar-refractivity contribution >= 4 is 61.6 Å². The van der Waals surface area contributed by atoms with Crippen LogP contribution >= 0.6 is 39.0 Å². The Morgan fingerprint density at radius 1 is 0.641 bits per heavy atom. The van der Waals surface area contributed by atoms with Gasteiger partial charge in [-0.15, -0.1) is 23.2 Å². The fraction of sp³-hybridized carbons (Fsp3) is 0.533. The standard InChI is InChI=1S/C25H38P2.2C2H4O2.CH2Cl2.Pd/c1-18(2)26(19(3)4)24-15-11-9-13-22(24)17-23-14-10-12-16-25(23)27(20(5)6)21(7)8;2*1-2(3)4;2-1-3;/h9-16,18-21H,17H2,1-8H3;2*1H3,(H,3,4);1H2;/q;;;;+2. The number of benzene rings is 2. The molecule has 0 unspecified atom stereocenters. The fourth-order valence-corrected chi connectivity index (χ4v) is 11.5. The Bertz CT molecular complexity index is 843. The summed E-state index contributed by atoms with van der Waals surface area (Å²) in [5, 5.41) is 21.3. The van der Waals surface area contributed by atoms with E-state index in [1.807, 2.05) is 0 Å². The molecule has 0 fully saturated rings. The zero-order valence-corrected chi connectivity index (χ0v) is 30.1. The summed E-state index contributed by atoms with van der Waals surface area (Å²) < 4.78 is 0. The third-order valence-electron chi connectivity index (χ3n) is 5.53. The van der Waals surface area contributed by atoms with Gasteiger partial charge in [0.25, 0.3) is 0 Å². The second kappa shape index (κ2) is 24.1. The fourth-order valence-electron chi connectivity index (χ4n) is 4.69. The molecule has 2 aromatic rings. The van der Waals surface area contributed by atoms with Crippen molar-refractivity contribution in [3.05, 3.63) is 59.7 Å². The van der Waals surface area contributed by atoms with Gasteiger partial charge in [-0.25, -0.2) is 0 Å². The number of hydrogen-bond acceptors (Lipinski definition) is 4. The van der Waals surface area contributed by atoms with Crippen LogP contribution in [0.5, 0.6) is 0 Å². The third kappa shape index (κ3) is 19.3. The van der Waals surface area contributed by atoms with Crippen LogP contribution in [-0.4, -0.2) is 39.9 Å². The van der Waals surface area contributed by atoms with Gasteiger partial charge in [-0.05, 0) is 92.5 Å². The number of rotatable bonds is 8. The molecule has 0 spiro atoms. The van der Waals surface area contributed by atoms with E-state index in [-0.39, 0.29) is 25.8 Å². The van der Waals surface area contributed by atoms with E-state index in [1.54, 1.807) is 21.7 Å². The first-order chi connectivity index (χ1) is 17.6. The molecule has 0 aliphatic carbocycles. The van der Waals surface area contributed by atoms with E-state index in [0.717, 1.165) is 42.9 Å². The first-order valence-corrected chi connectivity index (χ1v) is 17.4. The first-order valence-electron chi connectivity index (χ1n) is 13.0. The molecule has 0 bridgehead atoms. The van der Waals surface area contributed by atoms with E-state index in [4.69, 9.17) is 43.0 Å². The van der Waals surface area contributed by atoms with E-state index in [2.05, 4.69) is 104 Å². The molecule has 0 aromatic heterocycles. The van der Waals surface area contributed by atoms with Gasteiger partial charge < -0.3 is 19.8 Å². The summed E-state index contributed by atoms with van der Waals surface area (Å²) in [6.07, 6.45) is 1.09. The summed E-state index contributed by atoms with van der Waals surface area (Å²) in [6, 6.07) is 18.6. The second-order valence-electron chi connectivity index (χ2n) is 10.1. The van der Waals surface area contributed by atoms with Crippen molar-refractivity contribution in [3.63, 3.8) is 0 Å². The average Bonchev–Trinajstić information content (AvgIpc) is 2.75. The van der Waals surface area contributed by atoms with E-state index < -0.39 is 27.8 Å². The number of hydrogen-bond donors (Lipinski definition) is 0. The van der Waals surface area contributed by atoms with Crippen LogP contribution in [0.1, 0.15) is 80.4 Å².